The molecular weight excluding hydrogens is 370 g/mol. The summed E-state index contributed by atoms with van der Waals surface area (Å²) in [4.78, 5) is 20.9. The fraction of sp³-hybridized carbons (Fsp3) is 0.200. The summed E-state index contributed by atoms with van der Waals surface area (Å²) in [6, 6.07) is 11.2. The molecule has 1 amide bonds. The van der Waals surface area contributed by atoms with Crippen LogP contribution in [0, 0.1) is 6.92 Å². The van der Waals surface area contributed by atoms with Gasteiger partial charge >= 0.3 is 0 Å². The molecule has 0 bridgehead atoms. The Morgan fingerprint density at radius 1 is 1.14 bits per heavy atom. The van der Waals surface area contributed by atoms with E-state index in [0.29, 0.717) is 23.7 Å². The molecule has 0 saturated heterocycles. The average molecular weight is 389 g/mol. The van der Waals surface area contributed by atoms with Crippen LogP contribution in [0.5, 0.6) is 0 Å². The third kappa shape index (κ3) is 4.09. The van der Waals surface area contributed by atoms with Crippen molar-refractivity contribution in [1.29, 1.82) is 0 Å². The zero-order chi connectivity index (χ0) is 20.2. The van der Waals surface area contributed by atoms with Gasteiger partial charge in [0.1, 0.15) is 5.69 Å². The zero-order valence-electron chi connectivity index (χ0n) is 15.8. The van der Waals surface area contributed by atoms with Gasteiger partial charge in [-0.05, 0) is 36.2 Å². The van der Waals surface area contributed by atoms with Gasteiger partial charge in [-0.1, -0.05) is 18.2 Å². The van der Waals surface area contributed by atoms with Crippen molar-refractivity contribution < 1.29 is 9.90 Å². The second kappa shape index (κ2) is 8.11. The lowest BCUT2D eigenvalue weighted by Crippen LogP contribution is -2.27. The van der Waals surface area contributed by atoms with Crippen LogP contribution in [0.3, 0.4) is 0 Å². The smallest absolute Gasteiger partial charge is 0.271 e. The molecule has 3 aromatic heterocycles. The minimum Gasteiger partial charge on any atom is -0.395 e. The van der Waals surface area contributed by atoms with Crippen molar-refractivity contribution >= 4 is 11.6 Å². The summed E-state index contributed by atoms with van der Waals surface area (Å²) < 4.78 is 1.56. The van der Waals surface area contributed by atoms with Crippen LogP contribution >= 0.6 is 0 Å². The monoisotopic (exact) mass is 389 g/mol. The molecule has 0 radical (unpaired) electrons. The number of hydrogen-bond donors (Lipinski definition) is 2. The summed E-state index contributed by atoms with van der Waals surface area (Å²) in [6.45, 7) is 1.98. The van der Waals surface area contributed by atoms with Crippen LogP contribution in [-0.4, -0.2) is 53.9 Å². The van der Waals surface area contributed by atoms with Gasteiger partial charge in [-0.15, -0.1) is 10.2 Å². The van der Waals surface area contributed by atoms with E-state index >= 15 is 0 Å². The third-order valence-corrected chi connectivity index (χ3v) is 4.29. The number of carbonyl (C=O) groups is 1. The predicted octanol–water partition coefficient (Wildman–Crippen LogP) is 1.20. The molecule has 0 spiro atoms. The van der Waals surface area contributed by atoms with Crippen molar-refractivity contribution in [3.63, 3.8) is 0 Å². The topological polar surface area (TPSA) is 118 Å². The molecule has 29 heavy (non-hydrogen) atoms. The lowest BCUT2D eigenvalue weighted by molar-refractivity contribution is 0.0938. The lowest BCUT2D eigenvalue weighted by Gasteiger charge is -2.05. The normalized spacial score (nSPS) is 11.0. The van der Waals surface area contributed by atoms with E-state index in [0.717, 1.165) is 16.7 Å². The van der Waals surface area contributed by atoms with Gasteiger partial charge in [-0.3, -0.25) is 4.79 Å². The molecule has 0 aliphatic rings. The Bertz CT molecular complexity index is 1160. The summed E-state index contributed by atoms with van der Waals surface area (Å²) in [5.74, 6) is 0.905. The van der Waals surface area contributed by atoms with Crippen molar-refractivity contribution in [2.45, 2.75) is 13.3 Å². The van der Waals surface area contributed by atoms with E-state index in [-0.39, 0.29) is 24.8 Å². The maximum absolute atomic E-state index is 12.1. The van der Waals surface area contributed by atoms with Crippen molar-refractivity contribution in [2.75, 3.05) is 13.2 Å². The third-order valence-electron chi connectivity index (χ3n) is 4.29. The first-order chi connectivity index (χ1) is 14.1. The van der Waals surface area contributed by atoms with Crippen LogP contribution in [0.1, 0.15) is 27.4 Å². The number of fused-ring (bicyclic) bond motifs is 1. The number of nitrogens with one attached hydrogen (secondary N) is 1. The lowest BCUT2D eigenvalue weighted by atomic mass is 10.1. The molecule has 146 valence electrons. The fourth-order valence-electron chi connectivity index (χ4n) is 2.87. The van der Waals surface area contributed by atoms with Crippen molar-refractivity contribution in [3.8, 4) is 11.4 Å². The van der Waals surface area contributed by atoms with E-state index in [9.17, 15) is 4.79 Å². The van der Waals surface area contributed by atoms with Gasteiger partial charge < -0.3 is 10.4 Å². The summed E-state index contributed by atoms with van der Waals surface area (Å²) in [5, 5.41) is 24.1. The molecule has 9 heteroatoms. The van der Waals surface area contributed by atoms with Gasteiger partial charge in [-0.2, -0.15) is 9.61 Å². The van der Waals surface area contributed by atoms with Crippen molar-refractivity contribution in [1.82, 2.24) is 35.1 Å². The highest BCUT2D eigenvalue weighted by Gasteiger charge is 2.13. The molecule has 3 heterocycles. The first-order valence-corrected chi connectivity index (χ1v) is 9.12. The summed E-state index contributed by atoms with van der Waals surface area (Å²) in [5.41, 5.74) is 3.70. The molecule has 1 aromatic carbocycles. The number of hydrogen-bond acceptors (Lipinski definition) is 7. The molecule has 2 N–H and O–H groups in total. The molecule has 4 aromatic rings. The Balaban J connectivity index is 1.61. The van der Waals surface area contributed by atoms with Gasteiger partial charge in [0.05, 0.1) is 6.61 Å². The minimum atomic E-state index is -0.362. The van der Waals surface area contributed by atoms with Crippen molar-refractivity contribution in [3.05, 3.63) is 71.4 Å². The molecule has 9 nitrogen and oxygen atoms in total. The summed E-state index contributed by atoms with van der Waals surface area (Å²) >= 11 is 0. The highest BCUT2D eigenvalue weighted by atomic mass is 16.3. The van der Waals surface area contributed by atoms with Crippen LogP contribution in [0.2, 0.25) is 0 Å². The first kappa shape index (κ1) is 18.6. The fourth-order valence-corrected chi connectivity index (χ4v) is 2.87. The number of aromatic nitrogens is 6. The Labute approximate surface area is 166 Å². The number of carbonyl (C=O) groups excluding carboxylic acids is 1. The maximum atomic E-state index is 12.1. The summed E-state index contributed by atoms with van der Waals surface area (Å²) in [6.07, 6.45) is 4.05. The van der Waals surface area contributed by atoms with Gasteiger partial charge in [0.25, 0.3) is 5.91 Å². The average Bonchev–Trinajstić information content (AvgIpc) is 3.14. The molecule has 0 aliphatic carbocycles. The molecule has 4 rings (SSSR count). The predicted molar refractivity (Wildman–Crippen MR) is 105 cm³/mol. The molecule has 0 fully saturated rings. The second-order valence-corrected chi connectivity index (χ2v) is 6.55. The number of rotatable bonds is 6. The molecule has 0 unspecified atom stereocenters. The van der Waals surface area contributed by atoms with Crippen LogP contribution in [0.4, 0.5) is 0 Å². The highest BCUT2D eigenvalue weighted by molar-refractivity contribution is 5.92. The van der Waals surface area contributed by atoms with Gasteiger partial charge in [0, 0.05) is 30.9 Å². The largest absolute Gasteiger partial charge is 0.395 e. The minimum absolute atomic E-state index is 0.132. The zero-order valence-corrected chi connectivity index (χ0v) is 15.8. The van der Waals surface area contributed by atoms with Gasteiger partial charge in [-0.25, -0.2) is 9.97 Å². The quantitative estimate of drug-likeness (QED) is 0.509. The van der Waals surface area contributed by atoms with E-state index in [1.165, 1.54) is 0 Å². The molecular formula is C20H19N7O2. The van der Waals surface area contributed by atoms with Crippen LogP contribution in [0.15, 0.2) is 48.8 Å². The second-order valence-electron chi connectivity index (χ2n) is 6.55. The SMILES string of the molecule is Cc1cnc(-c2cccc(Cc3nnc4ccc(C(=O)NCCO)nn34)c2)nc1. The standard InChI is InChI=1S/C20H19N7O2/c1-13-11-22-19(23-12-13)15-4-2-3-14(9-15)10-18-25-24-17-6-5-16(26-27(17)18)20(29)21-7-8-28/h2-6,9,11-12,28H,7-8,10H2,1H3,(H,21,29). The van der Waals surface area contributed by atoms with Crippen LogP contribution in [-0.2, 0) is 6.42 Å². The molecule has 0 saturated carbocycles. The summed E-state index contributed by atoms with van der Waals surface area (Å²) in [7, 11) is 0. The van der Waals surface area contributed by atoms with E-state index in [1.807, 2.05) is 31.2 Å². The number of aryl methyl sites for hydroxylation is 1. The Kier molecular flexibility index (Phi) is 5.21. The first-order valence-electron chi connectivity index (χ1n) is 9.12. The molecule has 0 atom stereocenters. The number of amides is 1. The Morgan fingerprint density at radius 3 is 2.76 bits per heavy atom. The van der Waals surface area contributed by atoms with E-state index in [1.54, 1.807) is 29.0 Å². The van der Waals surface area contributed by atoms with Gasteiger partial charge in [0.15, 0.2) is 17.3 Å². The van der Waals surface area contributed by atoms with E-state index in [4.69, 9.17) is 5.11 Å². The van der Waals surface area contributed by atoms with Crippen LogP contribution < -0.4 is 5.32 Å². The van der Waals surface area contributed by atoms with Crippen molar-refractivity contribution in [2.24, 2.45) is 0 Å². The van der Waals surface area contributed by atoms with E-state index < -0.39 is 0 Å². The highest BCUT2D eigenvalue weighted by Crippen LogP contribution is 2.18. The van der Waals surface area contributed by atoms with Crippen LogP contribution in [0.25, 0.3) is 17.0 Å². The Morgan fingerprint density at radius 2 is 1.97 bits per heavy atom. The number of benzene rings is 1. The number of nitrogens with zero attached hydrogens (tertiary/aromatic N) is 6. The molecule has 0 aliphatic heterocycles. The van der Waals surface area contributed by atoms with E-state index in [2.05, 4.69) is 30.6 Å². The maximum Gasteiger partial charge on any atom is 0.271 e. The number of aliphatic hydroxyl groups excluding tert-OH is 1. The Hall–Kier alpha value is -3.72. The number of aliphatic hydroxyl groups is 1. The van der Waals surface area contributed by atoms with Gasteiger partial charge in [0.2, 0.25) is 0 Å².